The fraction of sp³-hybridized carbons (Fsp3) is 0. The smallest absolute Gasteiger partial charge is 0.488 e. The van der Waals surface area contributed by atoms with E-state index in [9.17, 15) is 0 Å². The Bertz CT molecular complexity index is 431. The van der Waals surface area contributed by atoms with E-state index in [2.05, 4.69) is 15.9 Å². The second-order valence-corrected chi connectivity index (χ2v) is 4.18. The number of rotatable bonds is 1. The van der Waals surface area contributed by atoms with Gasteiger partial charge in [-0.2, -0.15) is 0 Å². The Labute approximate surface area is 109 Å². The van der Waals surface area contributed by atoms with Crippen LogP contribution < -0.4 is 5.46 Å². The monoisotopic (exact) mass is 294 g/mol. The minimum atomic E-state index is -1.37. The molecule has 0 bridgehead atoms. The van der Waals surface area contributed by atoms with Crippen LogP contribution in [0.3, 0.4) is 0 Å². The number of para-hydroxylation sites is 1. The summed E-state index contributed by atoms with van der Waals surface area (Å²) in [6.45, 7) is 0. The molecular weight excluding hydrogens is 283 g/mol. The van der Waals surface area contributed by atoms with Crippen molar-refractivity contribution < 1.29 is 15.2 Å². The SMILES string of the molecule is OB(O)c1ccc(Br)cc1.Oc1ccccc1. The molecule has 0 spiro atoms. The lowest BCUT2D eigenvalue weighted by atomic mass is 9.81. The average molecular weight is 295 g/mol. The third-order valence-corrected chi connectivity index (χ3v) is 2.45. The maximum Gasteiger partial charge on any atom is 0.488 e. The summed E-state index contributed by atoms with van der Waals surface area (Å²) in [6, 6.07) is 15.5. The van der Waals surface area contributed by atoms with Crippen molar-refractivity contribution in [2.45, 2.75) is 0 Å². The quantitative estimate of drug-likeness (QED) is 0.699. The lowest BCUT2D eigenvalue weighted by Crippen LogP contribution is -2.29. The Balaban J connectivity index is 0.000000181. The Morgan fingerprint density at radius 1 is 0.824 bits per heavy atom. The highest BCUT2D eigenvalue weighted by atomic mass is 79.9. The molecule has 0 saturated heterocycles. The molecule has 0 radical (unpaired) electrons. The summed E-state index contributed by atoms with van der Waals surface area (Å²) in [5.41, 5.74) is 0.503. The van der Waals surface area contributed by atoms with E-state index in [1.807, 2.05) is 6.07 Å². The molecule has 2 rings (SSSR count). The molecule has 2 aromatic rings. The maximum absolute atomic E-state index is 8.65. The minimum absolute atomic E-state index is 0.322. The highest BCUT2D eigenvalue weighted by molar-refractivity contribution is 9.10. The Morgan fingerprint density at radius 2 is 1.35 bits per heavy atom. The molecule has 88 valence electrons. The lowest BCUT2D eigenvalue weighted by molar-refractivity contribution is 0.426. The number of phenolic OH excluding ortho intramolecular Hbond substituents is 1. The summed E-state index contributed by atoms with van der Waals surface area (Å²) < 4.78 is 0.928. The van der Waals surface area contributed by atoms with Gasteiger partial charge in [-0.15, -0.1) is 0 Å². The fourth-order valence-corrected chi connectivity index (χ4v) is 1.33. The molecule has 0 saturated carbocycles. The molecule has 0 amide bonds. The van der Waals surface area contributed by atoms with Gasteiger partial charge in [0.1, 0.15) is 5.75 Å². The third-order valence-electron chi connectivity index (χ3n) is 1.92. The van der Waals surface area contributed by atoms with Gasteiger partial charge in [0.15, 0.2) is 0 Å². The standard InChI is InChI=1S/C6H6BBrO2.C6H6O/c8-6-3-1-5(2-4-6)7(9)10;7-6-4-2-1-3-5-6/h1-4,9-10H;1-5,7H. The summed E-state index contributed by atoms with van der Waals surface area (Å²) in [5, 5.41) is 25.9. The van der Waals surface area contributed by atoms with Crippen molar-refractivity contribution in [2.75, 3.05) is 0 Å². The van der Waals surface area contributed by atoms with Gasteiger partial charge in [0.05, 0.1) is 0 Å². The average Bonchev–Trinajstić information content (AvgIpc) is 2.31. The van der Waals surface area contributed by atoms with Gasteiger partial charge in [0.2, 0.25) is 0 Å². The highest BCUT2D eigenvalue weighted by Crippen LogP contribution is 2.05. The Kier molecular flexibility index (Phi) is 5.76. The zero-order chi connectivity index (χ0) is 12.7. The first kappa shape index (κ1) is 13.8. The van der Waals surface area contributed by atoms with E-state index in [4.69, 9.17) is 15.2 Å². The molecular formula is C12H12BBrO3. The molecule has 0 heterocycles. The summed E-state index contributed by atoms with van der Waals surface area (Å²) in [4.78, 5) is 0. The van der Waals surface area contributed by atoms with Crippen molar-refractivity contribution >= 4 is 28.5 Å². The van der Waals surface area contributed by atoms with Crippen LogP contribution in [0.1, 0.15) is 0 Å². The van der Waals surface area contributed by atoms with Crippen LogP contribution in [0.25, 0.3) is 0 Å². The van der Waals surface area contributed by atoms with Crippen LogP contribution >= 0.6 is 15.9 Å². The van der Waals surface area contributed by atoms with E-state index in [1.165, 1.54) is 0 Å². The zero-order valence-corrected chi connectivity index (χ0v) is 10.6. The molecule has 3 nitrogen and oxygen atoms in total. The van der Waals surface area contributed by atoms with Gasteiger partial charge in [-0.3, -0.25) is 0 Å². The van der Waals surface area contributed by atoms with Gasteiger partial charge in [-0.05, 0) is 29.7 Å². The van der Waals surface area contributed by atoms with Crippen LogP contribution in [0, 0.1) is 0 Å². The molecule has 5 heteroatoms. The van der Waals surface area contributed by atoms with E-state index in [0.29, 0.717) is 11.2 Å². The minimum Gasteiger partial charge on any atom is -0.508 e. The van der Waals surface area contributed by atoms with Gasteiger partial charge < -0.3 is 15.2 Å². The summed E-state index contributed by atoms with van der Waals surface area (Å²) >= 11 is 3.23. The van der Waals surface area contributed by atoms with Gasteiger partial charge in [-0.25, -0.2) is 0 Å². The van der Waals surface area contributed by atoms with Crippen LogP contribution in [-0.4, -0.2) is 22.3 Å². The molecule has 3 N–H and O–H groups in total. The maximum atomic E-state index is 8.65. The molecule has 0 unspecified atom stereocenters. The van der Waals surface area contributed by atoms with Crippen LogP contribution in [0.2, 0.25) is 0 Å². The Morgan fingerprint density at radius 3 is 1.71 bits per heavy atom. The first-order valence-electron chi connectivity index (χ1n) is 4.95. The van der Waals surface area contributed by atoms with Gasteiger partial charge in [-0.1, -0.05) is 46.3 Å². The molecule has 17 heavy (non-hydrogen) atoms. The first-order valence-corrected chi connectivity index (χ1v) is 5.74. The van der Waals surface area contributed by atoms with E-state index < -0.39 is 7.12 Å². The summed E-state index contributed by atoms with van der Waals surface area (Å²) in [6.07, 6.45) is 0. The number of hydrogen-bond donors (Lipinski definition) is 3. The number of aromatic hydroxyl groups is 1. The molecule has 0 aliphatic rings. The van der Waals surface area contributed by atoms with Crippen LogP contribution in [0.4, 0.5) is 0 Å². The van der Waals surface area contributed by atoms with Gasteiger partial charge in [0.25, 0.3) is 0 Å². The van der Waals surface area contributed by atoms with E-state index in [0.717, 1.165) is 4.47 Å². The molecule has 0 aromatic heterocycles. The Hall–Kier alpha value is -1.30. The number of phenols is 1. The third kappa shape index (κ3) is 5.54. The highest BCUT2D eigenvalue weighted by Gasteiger charge is 2.08. The first-order chi connectivity index (χ1) is 8.09. The topological polar surface area (TPSA) is 60.7 Å². The number of benzene rings is 2. The van der Waals surface area contributed by atoms with Crippen molar-refractivity contribution in [3.8, 4) is 5.75 Å². The normalized spacial score (nSPS) is 9.12. The fourth-order valence-electron chi connectivity index (χ4n) is 1.06. The van der Waals surface area contributed by atoms with Crippen molar-refractivity contribution in [3.63, 3.8) is 0 Å². The van der Waals surface area contributed by atoms with Crippen molar-refractivity contribution in [1.82, 2.24) is 0 Å². The lowest BCUT2D eigenvalue weighted by Gasteiger charge is -1.96. The zero-order valence-electron chi connectivity index (χ0n) is 8.99. The van der Waals surface area contributed by atoms with Crippen molar-refractivity contribution in [1.29, 1.82) is 0 Å². The van der Waals surface area contributed by atoms with E-state index >= 15 is 0 Å². The molecule has 0 aliphatic heterocycles. The summed E-state index contributed by atoms with van der Waals surface area (Å²) in [7, 11) is -1.37. The predicted octanol–water partition coefficient (Wildman–Crippen LogP) is 1.52. The number of halogens is 1. The van der Waals surface area contributed by atoms with E-state index in [1.54, 1.807) is 48.5 Å². The molecule has 0 fully saturated rings. The van der Waals surface area contributed by atoms with Crippen LogP contribution in [0.5, 0.6) is 5.75 Å². The molecule has 2 aromatic carbocycles. The van der Waals surface area contributed by atoms with Crippen molar-refractivity contribution in [3.05, 3.63) is 59.1 Å². The molecule has 0 aliphatic carbocycles. The predicted molar refractivity (Wildman–Crippen MR) is 72.1 cm³/mol. The second-order valence-electron chi connectivity index (χ2n) is 3.26. The van der Waals surface area contributed by atoms with Gasteiger partial charge in [0, 0.05) is 4.47 Å². The second kappa shape index (κ2) is 7.11. The van der Waals surface area contributed by atoms with Crippen molar-refractivity contribution in [2.24, 2.45) is 0 Å². The van der Waals surface area contributed by atoms with Gasteiger partial charge >= 0.3 is 7.12 Å². The van der Waals surface area contributed by atoms with E-state index in [-0.39, 0.29) is 0 Å². The summed E-state index contributed by atoms with van der Waals surface area (Å²) in [5.74, 6) is 0.322. The number of hydrogen-bond acceptors (Lipinski definition) is 3. The largest absolute Gasteiger partial charge is 0.508 e. The van der Waals surface area contributed by atoms with Crippen LogP contribution in [0.15, 0.2) is 59.1 Å². The molecule has 0 atom stereocenters. The van der Waals surface area contributed by atoms with Crippen LogP contribution in [-0.2, 0) is 0 Å².